The number of rotatable bonds is 1. The van der Waals surface area contributed by atoms with E-state index in [0.29, 0.717) is 4.90 Å². The fourth-order valence-corrected chi connectivity index (χ4v) is 2.66. The molecule has 1 unspecified atom stereocenters. The van der Waals surface area contributed by atoms with Gasteiger partial charge in [0.25, 0.3) is 0 Å². The fraction of sp³-hybridized carbons (Fsp3) is 0.700. The lowest BCUT2D eigenvalue weighted by atomic mass is 9.65. The zero-order chi connectivity index (χ0) is 14.4. The molecule has 2 saturated heterocycles. The molecule has 2 amide bonds. The maximum absolute atomic E-state index is 12.2. The van der Waals surface area contributed by atoms with Gasteiger partial charge in [-0.15, -0.1) is 0 Å². The van der Waals surface area contributed by atoms with E-state index in [1.54, 1.807) is 0 Å². The van der Waals surface area contributed by atoms with Gasteiger partial charge in [0.05, 0.1) is 5.92 Å². The second-order valence-electron chi connectivity index (χ2n) is 4.89. The van der Waals surface area contributed by atoms with E-state index in [9.17, 15) is 27.6 Å². The van der Waals surface area contributed by atoms with Crippen molar-refractivity contribution in [3.8, 4) is 0 Å². The Morgan fingerprint density at radius 3 is 2.42 bits per heavy atom. The first-order valence-corrected chi connectivity index (χ1v) is 5.51. The van der Waals surface area contributed by atoms with E-state index in [1.807, 2.05) is 0 Å². The molecule has 0 aromatic heterocycles. The minimum Gasteiger partial charge on any atom is -0.481 e. The summed E-state index contributed by atoms with van der Waals surface area (Å²) in [6.07, 6.45) is -5.15. The molecule has 0 aromatic rings. The van der Waals surface area contributed by atoms with Crippen LogP contribution < -0.4 is 5.32 Å². The van der Waals surface area contributed by atoms with E-state index >= 15 is 0 Å². The third-order valence-corrected chi connectivity index (χ3v) is 3.59. The standard InChI is InChI=1S/C10H11F3N2O4/c11-10(12,13)8(19)15-3-9(4-15)1-6(16)14-2-5(9)7(17)18/h5H,1-4H2,(H,14,16)(H,17,18). The van der Waals surface area contributed by atoms with Crippen LogP contribution in [0, 0.1) is 11.3 Å². The molecule has 19 heavy (non-hydrogen) atoms. The minimum atomic E-state index is -4.97. The Kier molecular flexibility index (Phi) is 2.94. The Bertz CT molecular complexity index is 443. The molecule has 0 bridgehead atoms. The molecule has 1 spiro atoms. The fourth-order valence-electron chi connectivity index (χ4n) is 2.66. The van der Waals surface area contributed by atoms with Gasteiger partial charge in [-0.05, 0) is 0 Å². The maximum atomic E-state index is 12.2. The molecule has 6 nitrogen and oxygen atoms in total. The van der Waals surface area contributed by atoms with Crippen molar-refractivity contribution >= 4 is 17.8 Å². The van der Waals surface area contributed by atoms with Gasteiger partial charge in [0.1, 0.15) is 0 Å². The smallest absolute Gasteiger partial charge is 0.471 e. The number of piperidine rings is 1. The molecule has 2 aliphatic rings. The molecular weight excluding hydrogens is 269 g/mol. The molecule has 0 aliphatic carbocycles. The highest BCUT2D eigenvalue weighted by atomic mass is 19.4. The van der Waals surface area contributed by atoms with Gasteiger partial charge >= 0.3 is 18.1 Å². The van der Waals surface area contributed by atoms with Crippen LogP contribution in [0.15, 0.2) is 0 Å². The summed E-state index contributed by atoms with van der Waals surface area (Å²) in [5.41, 5.74) is -1.07. The first-order chi connectivity index (χ1) is 8.66. The van der Waals surface area contributed by atoms with Gasteiger partial charge in [0, 0.05) is 31.5 Å². The van der Waals surface area contributed by atoms with Crippen LogP contribution >= 0.6 is 0 Å². The van der Waals surface area contributed by atoms with Crippen LogP contribution in [0.4, 0.5) is 13.2 Å². The lowest BCUT2D eigenvalue weighted by Crippen LogP contribution is -2.69. The van der Waals surface area contributed by atoms with Crippen LogP contribution in [0.1, 0.15) is 6.42 Å². The predicted molar refractivity (Wildman–Crippen MR) is 53.8 cm³/mol. The highest BCUT2D eigenvalue weighted by molar-refractivity contribution is 5.86. The third kappa shape index (κ3) is 2.24. The van der Waals surface area contributed by atoms with Crippen molar-refractivity contribution in [2.24, 2.45) is 11.3 Å². The van der Waals surface area contributed by atoms with Gasteiger partial charge < -0.3 is 15.3 Å². The number of alkyl halides is 3. The molecule has 2 rings (SSSR count). The van der Waals surface area contributed by atoms with Gasteiger partial charge in [-0.25, -0.2) is 0 Å². The molecule has 2 aliphatic heterocycles. The summed E-state index contributed by atoms with van der Waals surface area (Å²) in [6, 6.07) is 0. The Balaban J connectivity index is 2.11. The summed E-state index contributed by atoms with van der Waals surface area (Å²) in [5.74, 6) is -4.55. The molecule has 1 atom stereocenters. The first kappa shape index (κ1) is 13.6. The number of likely N-dealkylation sites (tertiary alicyclic amines) is 1. The second kappa shape index (κ2) is 4.10. The molecule has 2 fully saturated rings. The Labute approximate surface area is 105 Å². The van der Waals surface area contributed by atoms with Gasteiger partial charge in [0.2, 0.25) is 5.91 Å². The average Bonchev–Trinajstić information content (AvgIpc) is 2.22. The van der Waals surface area contributed by atoms with E-state index in [0.717, 1.165) is 0 Å². The molecule has 0 radical (unpaired) electrons. The van der Waals surface area contributed by atoms with E-state index < -0.39 is 35.3 Å². The molecule has 2 N–H and O–H groups in total. The minimum absolute atomic E-state index is 0.123. The largest absolute Gasteiger partial charge is 0.481 e. The molecule has 0 aromatic carbocycles. The van der Waals surface area contributed by atoms with E-state index in [2.05, 4.69) is 5.32 Å². The summed E-state index contributed by atoms with van der Waals surface area (Å²) in [6.45, 7) is -0.826. The quantitative estimate of drug-likeness (QED) is 0.684. The van der Waals surface area contributed by atoms with Crippen LogP contribution in [-0.2, 0) is 14.4 Å². The number of amides is 2. The Hall–Kier alpha value is -1.80. The Morgan fingerprint density at radius 1 is 1.37 bits per heavy atom. The summed E-state index contributed by atoms with van der Waals surface area (Å²) >= 11 is 0. The van der Waals surface area contributed by atoms with Gasteiger partial charge in [-0.3, -0.25) is 14.4 Å². The number of carbonyl (C=O) groups excluding carboxylic acids is 2. The summed E-state index contributed by atoms with van der Waals surface area (Å²) in [4.78, 5) is 33.9. The zero-order valence-corrected chi connectivity index (χ0v) is 9.66. The first-order valence-electron chi connectivity index (χ1n) is 5.51. The number of hydrogen-bond acceptors (Lipinski definition) is 3. The molecule has 9 heteroatoms. The second-order valence-corrected chi connectivity index (χ2v) is 4.89. The van der Waals surface area contributed by atoms with Crippen LogP contribution in [0.3, 0.4) is 0 Å². The predicted octanol–water partition coefficient (Wildman–Crippen LogP) is -0.402. The summed E-state index contributed by atoms with van der Waals surface area (Å²) < 4.78 is 36.7. The number of carboxylic acid groups (broad SMARTS) is 1. The Morgan fingerprint density at radius 2 is 1.95 bits per heavy atom. The van der Waals surface area contributed by atoms with Crippen LogP contribution in [0.25, 0.3) is 0 Å². The number of aliphatic carboxylic acids is 1. The van der Waals surface area contributed by atoms with Crippen molar-refractivity contribution in [3.05, 3.63) is 0 Å². The van der Waals surface area contributed by atoms with Crippen LogP contribution in [0.5, 0.6) is 0 Å². The summed E-state index contributed by atoms with van der Waals surface area (Å²) in [7, 11) is 0. The normalized spacial score (nSPS) is 25.7. The van der Waals surface area contributed by atoms with Crippen molar-refractivity contribution in [1.29, 1.82) is 0 Å². The highest BCUT2D eigenvalue weighted by Gasteiger charge is 2.59. The topological polar surface area (TPSA) is 86.7 Å². The van der Waals surface area contributed by atoms with Crippen LogP contribution in [-0.4, -0.2) is 53.6 Å². The zero-order valence-electron chi connectivity index (χ0n) is 9.66. The number of hydrogen-bond donors (Lipinski definition) is 2. The van der Waals surface area contributed by atoms with Crippen LogP contribution in [0.2, 0.25) is 0 Å². The van der Waals surface area contributed by atoms with Crippen molar-refractivity contribution in [3.63, 3.8) is 0 Å². The van der Waals surface area contributed by atoms with Crippen molar-refractivity contribution < 1.29 is 32.7 Å². The average molecular weight is 280 g/mol. The van der Waals surface area contributed by atoms with E-state index in [-0.39, 0.29) is 26.1 Å². The van der Waals surface area contributed by atoms with E-state index in [4.69, 9.17) is 5.11 Å². The number of halogens is 3. The van der Waals surface area contributed by atoms with Gasteiger partial charge in [-0.1, -0.05) is 0 Å². The number of nitrogens with zero attached hydrogens (tertiary/aromatic N) is 1. The molecule has 2 heterocycles. The molecule has 0 saturated carbocycles. The van der Waals surface area contributed by atoms with Gasteiger partial charge in [0.15, 0.2) is 0 Å². The maximum Gasteiger partial charge on any atom is 0.471 e. The lowest BCUT2D eigenvalue weighted by Gasteiger charge is -2.54. The molecular formula is C10H11F3N2O4. The highest BCUT2D eigenvalue weighted by Crippen LogP contribution is 2.44. The number of carbonyl (C=O) groups is 3. The SMILES string of the molecule is O=C1CC2(CN(C(=O)C(F)(F)F)C2)C(C(=O)O)CN1. The number of carboxylic acids is 1. The number of nitrogens with one attached hydrogen (secondary N) is 1. The van der Waals surface area contributed by atoms with E-state index in [1.165, 1.54) is 0 Å². The third-order valence-electron chi connectivity index (χ3n) is 3.59. The van der Waals surface area contributed by atoms with Crippen molar-refractivity contribution in [2.45, 2.75) is 12.6 Å². The van der Waals surface area contributed by atoms with Gasteiger partial charge in [-0.2, -0.15) is 13.2 Å². The molecule has 106 valence electrons. The monoisotopic (exact) mass is 280 g/mol. The van der Waals surface area contributed by atoms with Crippen molar-refractivity contribution in [2.75, 3.05) is 19.6 Å². The summed E-state index contributed by atoms with van der Waals surface area (Å²) in [5, 5.41) is 11.4. The lowest BCUT2D eigenvalue weighted by molar-refractivity contribution is -0.202. The van der Waals surface area contributed by atoms with Crippen molar-refractivity contribution in [1.82, 2.24) is 10.2 Å².